The highest BCUT2D eigenvalue weighted by molar-refractivity contribution is 5.97. The maximum absolute atomic E-state index is 12.8. The van der Waals surface area contributed by atoms with E-state index in [4.69, 9.17) is 9.47 Å². The molecular formula is C31H38N2O5. The summed E-state index contributed by atoms with van der Waals surface area (Å²) in [5, 5.41) is 0. The van der Waals surface area contributed by atoms with Gasteiger partial charge in [-0.2, -0.15) is 0 Å². The highest BCUT2D eigenvalue weighted by Crippen LogP contribution is 2.44. The summed E-state index contributed by atoms with van der Waals surface area (Å²) in [6, 6.07) is 13.2. The van der Waals surface area contributed by atoms with E-state index in [-0.39, 0.29) is 17.8 Å². The van der Waals surface area contributed by atoms with Gasteiger partial charge in [0, 0.05) is 55.7 Å². The Morgan fingerprint density at radius 1 is 0.974 bits per heavy atom. The fourth-order valence-electron chi connectivity index (χ4n) is 5.00. The Bertz CT molecular complexity index is 1240. The van der Waals surface area contributed by atoms with Gasteiger partial charge in [0.05, 0.1) is 0 Å². The monoisotopic (exact) mass is 518 g/mol. The molecule has 0 aliphatic carbocycles. The molecule has 0 unspecified atom stereocenters. The van der Waals surface area contributed by atoms with Crippen molar-refractivity contribution in [3.63, 3.8) is 0 Å². The van der Waals surface area contributed by atoms with Crippen LogP contribution in [0.15, 0.2) is 48.5 Å². The molecule has 38 heavy (non-hydrogen) atoms. The van der Waals surface area contributed by atoms with Gasteiger partial charge < -0.3 is 19.3 Å². The molecule has 7 heteroatoms. The number of Topliss-reactive ketones (excluding diaryl/α,β-unsaturated/α-hetero) is 1. The van der Waals surface area contributed by atoms with Gasteiger partial charge in [0.25, 0.3) is 5.91 Å². The van der Waals surface area contributed by atoms with E-state index >= 15 is 0 Å². The molecule has 2 heterocycles. The van der Waals surface area contributed by atoms with Crippen molar-refractivity contribution in [2.75, 3.05) is 26.2 Å². The van der Waals surface area contributed by atoms with Crippen molar-refractivity contribution in [3.8, 4) is 5.75 Å². The highest BCUT2D eigenvalue weighted by Gasteiger charge is 2.41. The first-order valence-electron chi connectivity index (χ1n) is 13.4. The number of likely N-dealkylation sites (tertiary alicyclic amines) is 1. The molecule has 0 radical (unpaired) electrons. The molecule has 202 valence electrons. The minimum absolute atomic E-state index is 0.00718. The summed E-state index contributed by atoms with van der Waals surface area (Å²) >= 11 is 0. The van der Waals surface area contributed by atoms with Gasteiger partial charge >= 0.3 is 6.09 Å². The van der Waals surface area contributed by atoms with Crippen LogP contribution < -0.4 is 4.74 Å². The number of ether oxygens (including phenoxy) is 2. The maximum Gasteiger partial charge on any atom is 0.410 e. The fraction of sp³-hybridized carbons (Fsp3) is 0.452. The number of amides is 2. The molecule has 1 saturated heterocycles. The van der Waals surface area contributed by atoms with Crippen molar-refractivity contribution in [1.82, 2.24) is 9.80 Å². The molecule has 0 atom stereocenters. The van der Waals surface area contributed by atoms with Crippen molar-refractivity contribution >= 4 is 23.4 Å². The van der Waals surface area contributed by atoms with Crippen molar-refractivity contribution in [1.29, 1.82) is 0 Å². The van der Waals surface area contributed by atoms with Crippen LogP contribution >= 0.6 is 0 Å². The maximum atomic E-state index is 12.8. The minimum Gasteiger partial charge on any atom is -0.482 e. The molecule has 2 aromatic rings. The third-order valence-corrected chi connectivity index (χ3v) is 7.15. The van der Waals surface area contributed by atoms with E-state index in [2.05, 4.69) is 6.08 Å². The summed E-state index contributed by atoms with van der Waals surface area (Å²) in [7, 11) is 0. The molecule has 1 spiro atoms. The van der Waals surface area contributed by atoms with Gasteiger partial charge in [0.1, 0.15) is 17.0 Å². The lowest BCUT2D eigenvalue weighted by molar-refractivity contribution is -0.00117. The van der Waals surface area contributed by atoms with Crippen molar-refractivity contribution < 1.29 is 23.9 Å². The molecular weight excluding hydrogens is 480 g/mol. The first kappa shape index (κ1) is 27.4. The average Bonchev–Trinajstić information content (AvgIpc) is 2.88. The van der Waals surface area contributed by atoms with Crippen LogP contribution in [-0.4, -0.2) is 65.0 Å². The number of carbonyl (C=O) groups is 3. The number of carbonyl (C=O) groups excluding carboxylic acids is 3. The molecule has 0 saturated carbocycles. The smallest absolute Gasteiger partial charge is 0.410 e. The number of fused-ring (bicyclic) bond motifs is 1. The zero-order valence-electron chi connectivity index (χ0n) is 23.3. The third-order valence-electron chi connectivity index (χ3n) is 7.15. The SMILES string of the molecule is CCN(CC)C(=O)c1ccc(C2=CC3(CCN(C(=O)OC(C)(C)C)CC3)Oc3ccc(C(C)=O)cc32)cc1. The largest absolute Gasteiger partial charge is 0.482 e. The van der Waals surface area contributed by atoms with Crippen LogP contribution in [0.25, 0.3) is 5.57 Å². The number of nitrogens with zero attached hydrogens (tertiary/aromatic N) is 2. The second kappa shape index (κ2) is 10.6. The van der Waals surface area contributed by atoms with E-state index in [9.17, 15) is 14.4 Å². The number of rotatable bonds is 5. The van der Waals surface area contributed by atoms with Gasteiger partial charge in [-0.25, -0.2) is 4.79 Å². The first-order chi connectivity index (χ1) is 17.9. The molecule has 2 aliphatic rings. The first-order valence-corrected chi connectivity index (χ1v) is 13.4. The van der Waals surface area contributed by atoms with Crippen molar-refractivity contribution in [2.45, 2.75) is 65.6 Å². The Labute approximate surface area is 225 Å². The van der Waals surface area contributed by atoms with Gasteiger partial charge in [-0.3, -0.25) is 9.59 Å². The Kier molecular flexibility index (Phi) is 7.68. The van der Waals surface area contributed by atoms with Crippen LogP contribution in [0.4, 0.5) is 4.79 Å². The lowest BCUT2D eigenvalue weighted by Crippen LogP contribution is -2.50. The third kappa shape index (κ3) is 5.77. The second-order valence-corrected chi connectivity index (χ2v) is 11.0. The predicted molar refractivity (Wildman–Crippen MR) is 148 cm³/mol. The Morgan fingerprint density at radius 3 is 2.13 bits per heavy atom. The predicted octanol–water partition coefficient (Wildman–Crippen LogP) is 5.97. The van der Waals surface area contributed by atoms with Crippen LogP contribution in [0.2, 0.25) is 0 Å². The van der Waals surface area contributed by atoms with Gasteiger partial charge in [-0.05, 0) is 89.1 Å². The van der Waals surface area contributed by atoms with Crippen LogP contribution in [0, 0.1) is 0 Å². The number of hydrogen-bond acceptors (Lipinski definition) is 5. The van der Waals surface area contributed by atoms with Crippen LogP contribution in [0.5, 0.6) is 5.75 Å². The molecule has 2 amide bonds. The molecule has 0 N–H and O–H groups in total. The van der Waals surface area contributed by atoms with Gasteiger partial charge in [0.2, 0.25) is 0 Å². The number of piperidine rings is 1. The molecule has 0 aromatic heterocycles. The lowest BCUT2D eigenvalue weighted by atomic mass is 9.82. The van der Waals surface area contributed by atoms with E-state index in [0.717, 1.165) is 16.7 Å². The van der Waals surface area contributed by atoms with E-state index in [1.807, 2.05) is 71.0 Å². The standard InChI is InChI=1S/C31H38N2O5/c1-7-32(8-2)28(35)23-11-9-22(10-12-23)26-20-31(37-27-14-13-24(21(3)34)19-25(26)27)15-17-33(18-16-31)29(36)38-30(4,5)6/h9-14,19-20H,7-8,15-18H2,1-6H3. The Hall–Kier alpha value is -3.61. The van der Waals surface area contributed by atoms with E-state index in [0.29, 0.717) is 55.9 Å². The molecule has 4 rings (SSSR count). The number of hydrogen-bond donors (Lipinski definition) is 0. The zero-order valence-corrected chi connectivity index (χ0v) is 23.3. The molecule has 7 nitrogen and oxygen atoms in total. The van der Waals surface area contributed by atoms with Crippen LogP contribution in [0.3, 0.4) is 0 Å². The quantitative estimate of drug-likeness (QED) is 0.456. The Morgan fingerprint density at radius 2 is 1.58 bits per heavy atom. The molecule has 0 bridgehead atoms. The summed E-state index contributed by atoms with van der Waals surface area (Å²) < 4.78 is 12.1. The minimum atomic E-state index is -0.589. The summed E-state index contributed by atoms with van der Waals surface area (Å²) in [6.07, 6.45) is 3.05. The molecule has 2 aliphatic heterocycles. The average molecular weight is 519 g/mol. The van der Waals surface area contributed by atoms with E-state index < -0.39 is 11.2 Å². The second-order valence-electron chi connectivity index (χ2n) is 11.0. The Balaban J connectivity index is 1.67. The van der Waals surface area contributed by atoms with E-state index in [1.165, 1.54) is 0 Å². The van der Waals surface area contributed by atoms with Crippen LogP contribution in [-0.2, 0) is 4.74 Å². The number of ketones is 1. The normalized spacial score (nSPS) is 16.3. The lowest BCUT2D eigenvalue weighted by Gasteiger charge is -2.43. The summed E-state index contributed by atoms with van der Waals surface area (Å²) in [6.45, 7) is 13.4. The van der Waals surface area contributed by atoms with Gasteiger partial charge in [-0.1, -0.05) is 12.1 Å². The van der Waals surface area contributed by atoms with Gasteiger partial charge in [0.15, 0.2) is 5.78 Å². The highest BCUT2D eigenvalue weighted by atomic mass is 16.6. The fourth-order valence-corrected chi connectivity index (χ4v) is 5.00. The van der Waals surface area contributed by atoms with E-state index in [1.54, 1.807) is 22.8 Å². The van der Waals surface area contributed by atoms with Crippen molar-refractivity contribution in [3.05, 3.63) is 70.8 Å². The zero-order chi connectivity index (χ0) is 27.7. The molecule has 1 fully saturated rings. The topological polar surface area (TPSA) is 76.2 Å². The van der Waals surface area contributed by atoms with Crippen LogP contribution in [0.1, 0.15) is 86.2 Å². The summed E-state index contributed by atoms with van der Waals surface area (Å²) in [4.78, 5) is 41.2. The summed E-state index contributed by atoms with van der Waals surface area (Å²) in [5.74, 6) is 0.701. The summed E-state index contributed by atoms with van der Waals surface area (Å²) in [5.41, 5.74) is 2.87. The molecule has 2 aromatic carbocycles. The van der Waals surface area contributed by atoms with Crippen molar-refractivity contribution in [2.24, 2.45) is 0 Å². The van der Waals surface area contributed by atoms with Gasteiger partial charge in [-0.15, -0.1) is 0 Å². The number of benzene rings is 2.